The molecule has 0 heterocycles. The molecule has 0 aliphatic rings. The van der Waals surface area contributed by atoms with Gasteiger partial charge in [0.05, 0.1) is 6.54 Å². The number of nitrogens with two attached hydrogens (primary N) is 1. The molecular weight excluding hydrogens is 178 g/mol. The van der Waals surface area contributed by atoms with Gasteiger partial charge in [0.2, 0.25) is 5.96 Å². The van der Waals surface area contributed by atoms with E-state index in [1.807, 2.05) is 14.1 Å². The Labute approximate surface area is 86.7 Å². The van der Waals surface area contributed by atoms with Crippen molar-refractivity contribution in [2.75, 3.05) is 27.2 Å². The average Bonchev–Trinajstić information content (AvgIpc) is 2.17. The summed E-state index contributed by atoms with van der Waals surface area (Å²) in [5.74, 6) is 5.99. The van der Waals surface area contributed by atoms with Gasteiger partial charge in [-0.1, -0.05) is 6.92 Å². The predicted octanol–water partition coefficient (Wildman–Crippen LogP) is -0.245. The zero-order chi connectivity index (χ0) is 11.0. The van der Waals surface area contributed by atoms with Crippen molar-refractivity contribution in [1.29, 1.82) is 0 Å². The molecule has 1 atom stereocenters. The molecule has 0 bridgehead atoms. The van der Waals surface area contributed by atoms with E-state index in [0.29, 0.717) is 12.0 Å². The molecule has 84 valence electrons. The first-order valence-corrected chi connectivity index (χ1v) is 5.03. The highest BCUT2D eigenvalue weighted by molar-refractivity contribution is 5.79. The van der Waals surface area contributed by atoms with Crippen molar-refractivity contribution in [2.45, 2.75) is 26.3 Å². The molecular formula is C9H23N5. The minimum absolute atomic E-state index is 0.418. The maximum absolute atomic E-state index is 5.32. The minimum Gasteiger partial charge on any atom is -0.355 e. The third-order valence-corrected chi connectivity index (χ3v) is 2.07. The zero-order valence-corrected chi connectivity index (χ0v) is 9.67. The summed E-state index contributed by atoms with van der Waals surface area (Å²) < 4.78 is 0. The van der Waals surface area contributed by atoms with E-state index < -0.39 is 0 Å². The second kappa shape index (κ2) is 7.58. The van der Waals surface area contributed by atoms with E-state index in [1.165, 1.54) is 0 Å². The van der Waals surface area contributed by atoms with Crippen LogP contribution in [-0.2, 0) is 0 Å². The van der Waals surface area contributed by atoms with Crippen molar-refractivity contribution in [3.8, 4) is 0 Å². The molecule has 0 aromatic heterocycles. The SMILES string of the molecule is CCCNC(=NCC(C)N(C)C)NN. The first-order valence-electron chi connectivity index (χ1n) is 5.03. The van der Waals surface area contributed by atoms with Crippen molar-refractivity contribution < 1.29 is 0 Å². The Bertz CT molecular complexity index is 167. The molecule has 0 aromatic rings. The van der Waals surface area contributed by atoms with Crippen LogP contribution in [-0.4, -0.2) is 44.1 Å². The summed E-state index contributed by atoms with van der Waals surface area (Å²) >= 11 is 0. The molecule has 0 aliphatic carbocycles. The van der Waals surface area contributed by atoms with Gasteiger partial charge in [-0.25, -0.2) is 5.84 Å². The Morgan fingerprint density at radius 3 is 2.57 bits per heavy atom. The Hall–Kier alpha value is -0.810. The molecule has 0 fully saturated rings. The molecule has 1 unspecified atom stereocenters. The molecule has 0 rings (SSSR count). The first kappa shape index (κ1) is 13.2. The van der Waals surface area contributed by atoms with Crippen LogP contribution in [0.1, 0.15) is 20.3 Å². The molecule has 5 nitrogen and oxygen atoms in total. The van der Waals surface area contributed by atoms with Crippen molar-refractivity contribution >= 4 is 5.96 Å². The fourth-order valence-electron chi connectivity index (χ4n) is 0.783. The van der Waals surface area contributed by atoms with Gasteiger partial charge >= 0.3 is 0 Å². The molecule has 0 aromatic carbocycles. The van der Waals surface area contributed by atoms with Gasteiger partial charge in [-0.05, 0) is 27.4 Å². The standard InChI is InChI=1S/C9H23N5/c1-5-6-11-9(13-10)12-7-8(2)14(3)4/h8H,5-7,10H2,1-4H3,(H2,11,12,13). The second-order valence-electron chi connectivity index (χ2n) is 3.57. The van der Waals surface area contributed by atoms with Crippen LogP contribution in [0.5, 0.6) is 0 Å². The molecule has 0 saturated heterocycles. The largest absolute Gasteiger partial charge is 0.355 e. The summed E-state index contributed by atoms with van der Waals surface area (Å²) in [6.07, 6.45) is 1.06. The molecule has 0 radical (unpaired) electrons. The van der Waals surface area contributed by atoms with Crippen molar-refractivity contribution in [3.63, 3.8) is 0 Å². The lowest BCUT2D eigenvalue weighted by atomic mass is 10.3. The van der Waals surface area contributed by atoms with Gasteiger partial charge < -0.3 is 10.2 Å². The van der Waals surface area contributed by atoms with Crippen LogP contribution < -0.4 is 16.6 Å². The molecule has 0 amide bonds. The van der Waals surface area contributed by atoms with E-state index in [2.05, 4.69) is 34.5 Å². The fourth-order valence-corrected chi connectivity index (χ4v) is 0.783. The van der Waals surface area contributed by atoms with Crippen LogP contribution in [0, 0.1) is 0 Å². The van der Waals surface area contributed by atoms with Crippen LogP contribution in [0.2, 0.25) is 0 Å². The van der Waals surface area contributed by atoms with Gasteiger partial charge in [-0.15, -0.1) is 0 Å². The van der Waals surface area contributed by atoms with Gasteiger partial charge in [0.1, 0.15) is 0 Å². The molecule has 5 heteroatoms. The summed E-state index contributed by atoms with van der Waals surface area (Å²) in [5, 5.41) is 3.11. The summed E-state index contributed by atoms with van der Waals surface area (Å²) in [4.78, 5) is 6.45. The molecule has 0 saturated carbocycles. The Kier molecular flexibility index (Phi) is 7.14. The van der Waals surface area contributed by atoms with Gasteiger partial charge in [0, 0.05) is 12.6 Å². The highest BCUT2D eigenvalue weighted by atomic mass is 15.3. The third kappa shape index (κ3) is 5.77. The number of likely N-dealkylation sites (N-methyl/N-ethyl adjacent to an activating group) is 1. The number of hydrazine groups is 1. The number of nitrogens with zero attached hydrogens (tertiary/aromatic N) is 2. The van der Waals surface area contributed by atoms with Crippen LogP contribution >= 0.6 is 0 Å². The normalized spacial score (nSPS) is 14.3. The summed E-state index contributed by atoms with van der Waals surface area (Å²) in [7, 11) is 4.07. The van der Waals surface area contributed by atoms with E-state index >= 15 is 0 Å². The summed E-state index contributed by atoms with van der Waals surface area (Å²) in [6, 6.07) is 0.418. The van der Waals surface area contributed by atoms with Crippen LogP contribution in [0.3, 0.4) is 0 Å². The number of aliphatic imine (C=N–C) groups is 1. The Morgan fingerprint density at radius 1 is 1.50 bits per heavy atom. The van der Waals surface area contributed by atoms with Crippen molar-refractivity contribution in [2.24, 2.45) is 10.8 Å². The molecule has 0 spiro atoms. The van der Waals surface area contributed by atoms with E-state index in [-0.39, 0.29) is 0 Å². The van der Waals surface area contributed by atoms with E-state index in [1.54, 1.807) is 0 Å². The smallest absolute Gasteiger partial charge is 0.205 e. The highest BCUT2D eigenvalue weighted by Crippen LogP contribution is 1.91. The molecule has 0 aliphatic heterocycles. The van der Waals surface area contributed by atoms with E-state index in [0.717, 1.165) is 19.5 Å². The first-order chi connectivity index (χ1) is 6.61. The number of guanidine groups is 1. The van der Waals surface area contributed by atoms with Gasteiger partial charge in [0.25, 0.3) is 0 Å². The predicted molar refractivity (Wildman–Crippen MR) is 61.1 cm³/mol. The minimum atomic E-state index is 0.418. The summed E-state index contributed by atoms with van der Waals surface area (Å²) in [5.41, 5.74) is 2.55. The number of hydrogen-bond acceptors (Lipinski definition) is 3. The van der Waals surface area contributed by atoms with Gasteiger partial charge in [0.15, 0.2) is 0 Å². The monoisotopic (exact) mass is 201 g/mol. The van der Waals surface area contributed by atoms with Crippen LogP contribution in [0.15, 0.2) is 4.99 Å². The Morgan fingerprint density at radius 2 is 2.14 bits per heavy atom. The van der Waals surface area contributed by atoms with E-state index in [9.17, 15) is 0 Å². The molecule has 4 N–H and O–H groups in total. The summed E-state index contributed by atoms with van der Waals surface area (Å²) in [6.45, 7) is 5.85. The van der Waals surface area contributed by atoms with Gasteiger partial charge in [-0.2, -0.15) is 0 Å². The van der Waals surface area contributed by atoms with Crippen LogP contribution in [0.4, 0.5) is 0 Å². The van der Waals surface area contributed by atoms with E-state index in [4.69, 9.17) is 5.84 Å². The maximum Gasteiger partial charge on any atom is 0.205 e. The lowest BCUT2D eigenvalue weighted by Gasteiger charge is -2.18. The average molecular weight is 201 g/mol. The quantitative estimate of drug-likeness (QED) is 0.248. The number of nitrogens with one attached hydrogen (secondary N) is 2. The lowest BCUT2D eigenvalue weighted by Crippen LogP contribution is -2.42. The maximum atomic E-state index is 5.32. The fraction of sp³-hybridized carbons (Fsp3) is 0.889. The highest BCUT2D eigenvalue weighted by Gasteiger charge is 2.03. The van der Waals surface area contributed by atoms with Crippen LogP contribution in [0.25, 0.3) is 0 Å². The third-order valence-electron chi connectivity index (χ3n) is 2.07. The van der Waals surface area contributed by atoms with Gasteiger partial charge in [-0.3, -0.25) is 10.4 Å². The van der Waals surface area contributed by atoms with Crippen molar-refractivity contribution in [3.05, 3.63) is 0 Å². The number of rotatable bonds is 5. The number of hydrogen-bond donors (Lipinski definition) is 3. The molecule has 14 heavy (non-hydrogen) atoms. The topological polar surface area (TPSA) is 65.7 Å². The lowest BCUT2D eigenvalue weighted by molar-refractivity contribution is 0.320. The van der Waals surface area contributed by atoms with Crippen molar-refractivity contribution in [1.82, 2.24) is 15.6 Å². The zero-order valence-electron chi connectivity index (χ0n) is 9.67. The Balaban J connectivity index is 3.91. The second-order valence-corrected chi connectivity index (χ2v) is 3.57.